The van der Waals surface area contributed by atoms with Crippen molar-refractivity contribution in [3.8, 4) is 0 Å². The third-order valence-electron chi connectivity index (χ3n) is 7.89. The van der Waals surface area contributed by atoms with Crippen molar-refractivity contribution >= 4 is 0 Å². The van der Waals surface area contributed by atoms with Crippen LogP contribution in [0.5, 0.6) is 0 Å². The van der Waals surface area contributed by atoms with Crippen LogP contribution in [0.3, 0.4) is 0 Å². The summed E-state index contributed by atoms with van der Waals surface area (Å²) >= 11 is 0. The van der Waals surface area contributed by atoms with E-state index in [0.29, 0.717) is 13.2 Å². The Morgan fingerprint density at radius 3 is 1.76 bits per heavy atom. The number of unbranched alkanes of at least 4 members (excludes halogenated alkanes) is 19. The quantitative estimate of drug-likeness (QED) is 0.0835. The van der Waals surface area contributed by atoms with Crippen molar-refractivity contribution in [2.45, 2.75) is 167 Å². The van der Waals surface area contributed by atoms with E-state index in [9.17, 15) is 0 Å². The predicted octanol–water partition coefficient (Wildman–Crippen LogP) is 9.33. The van der Waals surface area contributed by atoms with Gasteiger partial charge < -0.3 is 14.2 Å². The van der Waals surface area contributed by atoms with Gasteiger partial charge in [0, 0.05) is 25.2 Å². The van der Waals surface area contributed by atoms with E-state index in [-0.39, 0.29) is 12.4 Å². The molecular weight excluding hydrogens is 470 g/mol. The third kappa shape index (κ3) is 19.1. The van der Waals surface area contributed by atoms with Crippen molar-refractivity contribution in [2.24, 2.45) is 0 Å². The maximum Gasteiger partial charge on any atom is 0.168 e. The smallest absolute Gasteiger partial charge is 0.168 e. The summed E-state index contributed by atoms with van der Waals surface area (Å²) in [5.74, 6) is 0. The molecule has 1 aromatic rings. The fraction of sp³-hybridized carbons (Fsp3) is 0.853. The maximum absolute atomic E-state index is 6.03. The van der Waals surface area contributed by atoms with Gasteiger partial charge in [-0.15, -0.1) is 0 Å². The maximum atomic E-state index is 6.03. The molecular formula is C34H62NO3+. The van der Waals surface area contributed by atoms with Crippen LogP contribution < -0.4 is 4.57 Å². The fourth-order valence-electron chi connectivity index (χ4n) is 5.43. The van der Waals surface area contributed by atoms with Crippen molar-refractivity contribution in [1.29, 1.82) is 0 Å². The zero-order chi connectivity index (χ0) is 26.8. The number of aromatic nitrogens is 1. The average Bonchev–Trinajstić information content (AvgIpc) is 3.40. The Labute approximate surface area is 236 Å². The van der Waals surface area contributed by atoms with E-state index in [1.165, 1.54) is 128 Å². The van der Waals surface area contributed by atoms with Gasteiger partial charge in [-0.1, -0.05) is 122 Å². The Morgan fingerprint density at radius 2 is 1.16 bits per heavy atom. The largest absolute Gasteiger partial charge is 0.379 e. The minimum absolute atomic E-state index is 0.00423. The summed E-state index contributed by atoms with van der Waals surface area (Å²) in [6.07, 6.45) is 34.3. The van der Waals surface area contributed by atoms with Crippen LogP contribution in [0.15, 0.2) is 30.6 Å². The number of rotatable bonds is 27. The van der Waals surface area contributed by atoms with Crippen molar-refractivity contribution in [1.82, 2.24) is 0 Å². The Hall–Kier alpha value is -0.970. The molecule has 1 saturated heterocycles. The lowest BCUT2D eigenvalue weighted by Crippen LogP contribution is -2.32. The van der Waals surface area contributed by atoms with Gasteiger partial charge in [0.25, 0.3) is 0 Å². The van der Waals surface area contributed by atoms with E-state index in [4.69, 9.17) is 14.2 Å². The number of ether oxygens (including phenoxy) is 3. The van der Waals surface area contributed by atoms with Crippen molar-refractivity contribution in [2.75, 3.05) is 19.8 Å². The van der Waals surface area contributed by atoms with Gasteiger partial charge in [0.1, 0.15) is 12.6 Å². The molecule has 0 aliphatic carbocycles. The van der Waals surface area contributed by atoms with Crippen LogP contribution in [0, 0.1) is 0 Å². The van der Waals surface area contributed by atoms with Gasteiger partial charge in [0.05, 0.1) is 13.2 Å². The third-order valence-corrected chi connectivity index (χ3v) is 7.89. The summed E-state index contributed by atoms with van der Waals surface area (Å²) in [7, 11) is 0. The Kier molecular flexibility index (Phi) is 21.9. The minimum atomic E-state index is -0.00423. The zero-order valence-corrected chi connectivity index (χ0v) is 25.1. The van der Waals surface area contributed by atoms with Crippen molar-refractivity contribution in [3.63, 3.8) is 0 Å². The van der Waals surface area contributed by atoms with Crippen LogP contribution in [0.1, 0.15) is 148 Å². The SMILES string of the molecule is CCCCCCCCCCCCCCCCCCC[C@@H]1OC[C@@H](COCCCCCC[n+]2ccccc2)O1. The highest BCUT2D eigenvalue weighted by atomic mass is 16.7. The lowest BCUT2D eigenvalue weighted by molar-refractivity contribution is -0.697. The van der Waals surface area contributed by atoms with Crippen LogP contribution in [-0.4, -0.2) is 32.2 Å². The molecule has 4 nitrogen and oxygen atoms in total. The number of hydrogen-bond donors (Lipinski definition) is 0. The summed E-state index contributed by atoms with van der Waals surface area (Å²) in [6.45, 7) is 5.61. The van der Waals surface area contributed by atoms with Gasteiger partial charge in [-0.3, -0.25) is 0 Å². The van der Waals surface area contributed by atoms with Crippen LogP contribution in [-0.2, 0) is 20.8 Å². The number of nitrogens with zero attached hydrogens (tertiary/aromatic N) is 1. The minimum Gasteiger partial charge on any atom is -0.379 e. The van der Waals surface area contributed by atoms with Gasteiger partial charge in [-0.25, -0.2) is 4.57 Å². The first kappa shape index (κ1) is 33.2. The van der Waals surface area contributed by atoms with E-state index < -0.39 is 0 Å². The molecule has 0 aromatic carbocycles. The topological polar surface area (TPSA) is 31.6 Å². The lowest BCUT2D eigenvalue weighted by Gasteiger charge is -2.12. The van der Waals surface area contributed by atoms with Crippen LogP contribution in [0.2, 0.25) is 0 Å². The predicted molar refractivity (Wildman–Crippen MR) is 159 cm³/mol. The van der Waals surface area contributed by atoms with Crippen molar-refractivity contribution in [3.05, 3.63) is 30.6 Å². The van der Waals surface area contributed by atoms with Crippen LogP contribution in [0.4, 0.5) is 0 Å². The lowest BCUT2D eigenvalue weighted by atomic mass is 10.0. The molecule has 38 heavy (non-hydrogen) atoms. The van der Waals surface area contributed by atoms with Crippen LogP contribution in [0.25, 0.3) is 0 Å². The number of hydrogen-bond acceptors (Lipinski definition) is 3. The summed E-state index contributed by atoms with van der Waals surface area (Å²) in [6, 6.07) is 6.25. The van der Waals surface area contributed by atoms with E-state index >= 15 is 0 Å². The molecule has 4 heteroatoms. The second-order valence-corrected chi connectivity index (χ2v) is 11.6. The second kappa shape index (κ2) is 25.0. The Balaban J connectivity index is 1.25. The summed E-state index contributed by atoms with van der Waals surface area (Å²) in [5.41, 5.74) is 0. The molecule has 2 atom stereocenters. The first-order valence-corrected chi connectivity index (χ1v) is 16.7. The van der Waals surface area contributed by atoms with Crippen molar-refractivity contribution < 1.29 is 18.8 Å². The molecule has 0 amide bonds. The van der Waals surface area contributed by atoms with Gasteiger partial charge in [-0.2, -0.15) is 0 Å². The second-order valence-electron chi connectivity index (χ2n) is 11.6. The molecule has 0 unspecified atom stereocenters. The first-order chi connectivity index (χ1) is 18.9. The van der Waals surface area contributed by atoms with Gasteiger partial charge in [0.2, 0.25) is 0 Å². The van der Waals surface area contributed by atoms with Gasteiger partial charge in [-0.05, 0) is 25.7 Å². The van der Waals surface area contributed by atoms with Gasteiger partial charge in [0.15, 0.2) is 18.7 Å². The first-order valence-electron chi connectivity index (χ1n) is 16.7. The highest BCUT2D eigenvalue weighted by Gasteiger charge is 2.25. The standard InChI is InChI=1S/C34H62NO3/c1-2-3-4-5-6-7-8-9-10-11-12-13-14-15-16-17-21-26-34-37-32-33(38-34)31-36-30-25-19-18-22-27-35-28-23-20-24-29-35/h20,23-24,28-29,33-34H,2-19,21-22,25-27,30-32H2,1H3/q+1/t33-,34-/m1/s1. The highest BCUT2D eigenvalue weighted by Crippen LogP contribution is 2.19. The van der Waals surface area contributed by atoms with E-state index in [1.807, 2.05) is 0 Å². The van der Waals surface area contributed by atoms with E-state index in [0.717, 1.165) is 26.0 Å². The Morgan fingerprint density at radius 1 is 0.632 bits per heavy atom. The van der Waals surface area contributed by atoms with E-state index in [2.05, 4.69) is 42.1 Å². The van der Waals surface area contributed by atoms with Gasteiger partial charge >= 0.3 is 0 Å². The molecule has 1 fully saturated rings. The zero-order valence-electron chi connectivity index (χ0n) is 25.1. The molecule has 0 spiro atoms. The molecule has 2 heterocycles. The Bertz CT molecular complexity index is 611. The summed E-state index contributed by atoms with van der Waals surface area (Å²) < 4.78 is 20.0. The molecule has 0 bridgehead atoms. The number of aryl methyl sites for hydroxylation is 1. The molecule has 220 valence electrons. The average molecular weight is 533 g/mol. The molecule has 1 aromatic heterocycles. The molecule has 0 radical (unpaired) electrons. The molecule has 2 rings (SSSR count). The summed E-state index contributed by atoms with van der Waals surface area (Å²) in [5, 5.41) is 0. The number of pyridine rings is 1. The van der Waals surface area contributed by atoms with Crippen LogP contribution >= 0.6 is 0 Å². The molecule has 0 saturated carbocycles. The van der Waals surface area contributed by atoms with E-state index in [1.54, 1.807) is 0 Å². The molecule has 1 aliphatic heterocycles. The fourth-order valence-corrected chi connectivity index (χ4v) is 5.43. The highest BCUT2D eigenvalue weighted by molar-refractivity contribution is 4.83. The molecule has 0 N–H and O–H groups in total. The normalized spacial score (nSPS) is 17.4. The molecule has 1 aliphatic rings. The monoisotopic (exact) mass is 532 g/mol. The summed E-state index contributed by atoms with van der Waals surface area (Å²) in [4.78, 5) is 0.